The maximum Gasteiger partial charge on any atom is 0.309 e. The molecule has 21 heavy (non-hydrogen) atoms. The lowest BCUT2D eigenvalue weighted by atomic mass is 9.97. The van der Waals surface area contributed by atoms with E-state index in [9.17, 15) is 9.59 Å². The molecule has 0 aliphatic heterocycles. The molecule has 0 saturated carbocycles. The Morgan fingerprint density at radius 1 is 1.19 bits per heavy atom. The molecular weight excluding hydrogens is 288 g/mol. The van der Waals surface area contributed by atoms with E-state index in [1.54, 1.807) is 13.8 Å². The van der Waals surface area contributed by atoms with Gasteiger partial charge in [0.15, 0.2) is 6.29 Å². The van der Waals surface area contributed by atoms with E-state index in [-0.39, 0.29) is 16.6 Å². The lowest BCUT2D eigenvalue weighted by Crippen LogP contribution is -2.35. The highest BCUT2D eigenvalue weighted by Gasteiger charge is 2.29. The third-order valence-electron chi connectivity index (χ3n) is 3.05. The van der Waals surface area contributed by atoms with E-state index in [2.05, 4.69) is 12.6 Å². The number of rotatable bonds is 9. The van der Waals surface area contributed by atoms with Crippen LogP contribution >= 0.6 is 12.6 Å². The molecule has 0 aromatic carbocycles. The van der Waals surface area contributed by atoms with Crippen LogP contribution in [0.4, 0.5) is 0 Å². The average Bonchev–Trinajstić information content (AvgIpc) is 2.25. The van der Waals surface area contributed by atoms with Gasteiger partial charge in [-0.2, -0.15) is 12.6 Å². The first kappa shape index (κ1) is 20.5. The second-order valence-electron chi connectivity index (χ2n) is 7.42. The van der Waals surface area contributed by atoms with Crippen LogP contribution in [0.15, 0.2) is 0 Å². The summed E-state index contributed by atoms with van der Waals surface area (Å²) < 4.78 is 10.8. The number of thiol groups is 1. The Bertz CT molecular complexity index is 356. The molecule has 0 N–H and O–H groups in total. The van der Waals surface area contributed by atoms with Crippen LogP contribution in [0.5, 0.6) is 0 Å². The predicted molar refractivity (Wildman–Crippen MR) is 87.7 cm³/mol. The summed E-state index contributed by atoms with van der Waals surface area (Å²) in [5, 5.41) is 0. The van der Waals surface area contributed by atoms with Crippen LogP contribution in [-0.2, 0) is 19.1 Å². The molecule has 0 bridgehead atoms. The molecule has 0 aliphatic rings. The van der Waals surface area contributed by atoms with Gasteiger partial charge in [-0.15, -0.1) is 0 Å². The van der Waals surface area contributed by atoms with Crippen molar-refractivity contribution in [1.29, 1.82) is 0 Å². The third-order valence-corrected chi connectivity index (χ3v) is 3.23. The molecule has 124 valence electrons. The number of ether oxygens (including phenoxy) is 2. The second kappa shape index (κ2) is 7.63. The zero-order valence-corrected chi connectivity index (χ0v) is 15.3. The molecule has 1 unspecified atom stereocenters. The lowest BCUT2D eigenvalue weighted by Gasteiger charge is -2.29. The summed E-state index contributed by atoms with van der Waals surface area (Å²) in [6, 6.07) is 0. The molecular formula is C16H30O4S. The van der Waals surface area contributed by atoms with Crippen molar-refractivity contribution in [3.05, 3.63) is 0 Å². The molecule has 0 aromatic heterocycles. The van der Waals surface area contributed by atoms with Crippen LogP contribution < -0.4 is 0 Å². The Balaban J connectivity index is 4.34. The van der Waals surface area contributed by atoms with Crippen LogP contribution in [0.1, 0.15) is 61.3 Å². The molecule has 5 heteroatoms. The summed E-state index contributed by atoms with van der Waals surface area (Å²) >= 11 is 4.44. The van der Waals surface area contributed by atoms with E-state index in [0.717, 1.165) is 6.29 Å². The van der Waals surface area contributed by atoms with Crippen molar-refractivity contribution < 1.29 is 19.1 Å². The highest BCUT2D eigenvalue weighted by molar-refractivity contribution is 7.81. The third kappa shape index (κ3) is 9.91. The van der Waals surface area contributed by atoms with Crippen molar-refractivity contribution in [2.45, 2.75) is 77.3 Å². The van der Waals surface area contributed by atoms with Gasteiger partial charge in [-0.3, -0.25) is 4.79 Å². The zero-order valence-electron chi connectivity index (χ0n) is 14.4. The fourth-order valence-electron chi connectivity index (χ4n) is 1.85. The minimum atomic E-state index is -0.802. The molecule has 1 atom stereocenters. The lowest BCUT2D eigenvalue weighted by molar-refractivity contribution is -0.164. The number of hydrogen-bond acceptors (Lipinski definition) is 5. The largest absolute Gasteiger partial charge is 0.459 e. The van der Waals surface area contributed by atoms with Gasteiger partial charge in [0.2, 0.25) is 0 Å². The van der Waals surface area contributed by atoms with Crippen LogP contribution in [0.25, 0.3) is 0 Å². The first-order valence-corrected chi connectivity index (χ1v) is 7.78. The number of aldehydes is 1. The van der Waals surface area contributed by atoms with Gasteiger partial charge in [-0.05, 0) is 34.1 Å². The van der Waals surface area contributed by atoms with Gasteiger partial charge >= 0.3 is 5.97 Å². The molecule has 4 nitrogen and oxygen atoms in total. The Morgan fingerprint density at radius 3 is 2.14 bits per heavy atom. The fourth-order valence-corrected chi connectivity index (χ4v) is 2.12. The number of carbonyl (C=O) groups is 2. The Morgan fingerprint density at radius 2 is 1.71 bits per heavy atom. The number of carbonyl (C=O) groups excluding carboxylic acids is 2. The van der Waals surface area contributed by atoms with Gasteiger partial charge in [-0.25, -0.2) is 0 Å². The summed E-state index contributed by atoms with van der Waals surface area (Å²) in [5.74, 6) is -0.430. The van der Waals surface area contributed by atoms with Crippen molar-refractivity contribution in [3.8, 4) is 0 Å². The van der Waals surface area contributed by atoms with Crippen molar-refractivity contribution in [2.24, 2.45) is 5.92 Å². The maximum absolute atomic E-state index is 12.1. The summed E-state index contributed by atoms with van der Waals surface area (Å²) in [5.41, 5.74) is -1.42. The fraction of sp³-hybridized carbons (Fsp3) is 0.875. The van der Waals surface area contributed by atoms with Crippen molar-refractivity contribution in [1.82, 2.24) is 0 Å². The molecule has 0 heterocycles. The number of hydrogen-bond donors (Lipinski definition) is 1. The van der Waals surface area contributed by atoms with Gasteiger partial charge in [0, 0.05) is 11.2 Å². The van der Waals surface area contributed by atoms with E-state index in [1.165, 1.54) is 0 Å². The van der Waals surface area contributed by atoms with Gasteiger partial charge < -0.3 is 14.3 Å². The Kier molecular flexibility index (Phi) is 7.43. The van der Waals surface area contributed by atoms with E-state index in [4.69, 9.17) is 9.47 Å². The van der Waals surface area contributed by atoms with E-state index in [1.807, 2.05) is 34.6 Å². The first-order chi connectivity index (χ1) is 9.28. The van der Waals surface area contributed by atoms with E-state index in [0.29, 0.717) is 19.4 Å². The van der Waals surface area contributed by atoms with Crippen molar-refractivity contribution in [3.63, 3.8) is 0 Å². The minimum Gasteiger partial charge on any atom is -0.459 e. The predicted octanol–water partition coefficient (Wildman–Crippen LogP) is 3.43. The van der Waals surface area contributed by atoms with E-state index < -0.39 is 11.2 Å². The summed E-state index contributed by atoms with van der Waals surface area (Å²) in [6.07, 6.45) is 1.95. The molecule has 0 fully saturated rings. The second-order valence-corrected chi connectivity index (χ2v) is 8.63. The van der Waals surface area contributed by atoms with Crippen molar-refractivity contribution >= 4 is 24.9 Å². The minimum absolute atomic E-state index is 0.205. The molecule has 0 aliphatic carbocycles. The SMILES string of the molecule is CC(CC(C)(C)S)C(=O)OC(C)(C)CCOC(C)(C)C=O. The smallest absolute Gasteiger partial charge is 0.309 e. The molecule has 0 saturated heterocycles. The van der Waals surface area contributed by atoms with Crippen LogP contribution in [0.2, 0.25) is 0 Å². The summed E-state index contributed by atoms with van der Waals surface area (Å²) in [6.45, 7) is 13.3. The Hall–Kier alpha value is -0.550. The Labute approximate surface area is 134 Å². The molecule has 0 spiro atoms. The molecule has 0 amide bonds. The maximum atomic E-state index is 12.1. The highest BCUT2D eigenvalue weighted by atomic mass is 32.1. The zero-order chi connectivity index (χ0) is 16.9. The topological polar surface area (TPSA) is 52.6 Å². The molecule has 0 rings (SSSR count). The van der Waals surface area contributed by atoms with Gasteiger partial charge in [0.25, 0.3) is 0 Å². The van der Waals surface area contributed by atoms with Crippen molar-refractivity contribution in [2.75, 3.05) is 6.61 Å². The number of esters is 1. The van der Waals surface area contributed by atoms with Crippen LogP contribution in [0, 0.1) is 5.92 Å². The van der Waals surface area contributed by atoms with Gasteiger partial charge in [0.05, 0.1) is 12.5 Å². The van der Waals surface area contributed by atoms with Crippen LogP contribution in [0.3, 0.4) is 0 Å². The monoisotopic (exact) mass is 318 g/mol. The summed E-state index contributed by atoms with van der Waals surface area (Å²) in [4.78, 5) is 22.9. The summed E-state index contributed by atoms with van der Waals surface area (Å²) in [7, 11) is 0. The quantitative estimate of drug-likeness (QED) is 0.402. The highest BCUT2D eigenvalue weighted by Crippen LogP contribution is 2.25. The normalized spacial score (nSPS) is 14.7. The van der Waals surface area contributed by atoms with E-state index >= 15 is 0 Å². The van der Waals surface area contributed by atoms with Crippen LogP contribution in [-0.4, -0.2) is 34.8 Å². The standard InChI is InChI=1S/C16H30O4S/c1-12(10-16(6,7)21)13(18)20-14(2,3)8-9-19-15(4,5)11-17/h11-12,21H,8-10H2,1-7H3. The van der Waals surface area contributed by atoms with Gasteiger partial charge in [-0.1, -0.05) is 20.8 Å². The molecule has 0 radical (unpaired) electrons. The molecule has 0 aromatic rings. The first-order valence-electron chi connectivity index (χ1n) is 7.33. The average molecular weight is 318 g/mol. The van der Waals surface area contributed by atoms with Gasteiger partial charge in [0.1, 0.15) is 11.2 Å².